The van der Waals surface area contributed by atoms with Gasteiger partial charge in [-0.25, -0.2) is 9.37 Å². The Labute approximate surface area is 242 Å². The first-order valence-corrected chi connectivity index (χ1v) is 13.4. The van der Waals surface area contributed by atoms with Crippen LogP contribution in [0.2, 0.25) is 0 Å². The van der Waals surface area contributed by atoms with Gasteiger partial charge < -0.3 is 30.1 Å². The fraction of sp³-hybridized carbons (Fsp3) is 0.500. The summed E-state index contributed by atoms with van der Waals surface area (Å²) in [7, 11) is 4.77. The van der Waals surface area contributed by atoms with Gasteiger partial charge in [-0.3, -0.25) is 9.59 Å². The summed E-state index contributed by atoms with van der Waals surface area (Å²) in [6.07, 6.45) is -2.41. The van der Waals surface area contributed by atoms with Crippen molar-refractivity contribution in [2.45, 2.75) is 38.1 Å². The van der Waals surface area contributed by atoms with Crippen LogP contribution in [-0.4, -0.2) is 88.3 Å². The highest BCUT2D eigenvalue weighted by Crippen LogP contribution is 2.37. The van der Waals surface area contributed by atoms with E-state index >= 15 is 0 Å². The molecule has 1 saturated heterocycles. The van der Waals surface area contributed by atoms with Crippen LogP contribution in [-0.2, 0) is 20.5 Å². The van der Waals surface area contributed by atoms with Crippen molar-refractivity contribution < 1.29 is 31.9 Å². The van der Waals surface area contributed by atoms with E-state index in [4.69, 9.17) is 4.74 Å². The van der Waals surface area contributed by atoms with Gasteiger partial charge in [-0.2, -0.15) is 18.4 Å². The molecular formula is C28H35F4N7O3. The van der Waals surface area contributed by atoms with Crippen LogP contribution < -0.4 is 20.4 Å². The Morgan fingerprint density at radius 1 is 1.33 bits per heavy atom. The molecule has 2 aromatic rings. The summed E-state index contributed by atoms with van der Waals surface area (Å²) in [6.45, 7) is 4.20. The second-order valence-corrected chi connectivity index (χ2v) is 10.1. The molecule has 2 aliphatic heterocycles. The number of halogens is 4. The number of benzene rings is 1. The van der Waals surface area contributed by atoms with Crippen molar-refractivity contribution in [3.8, 4) is 6.07 Å². The monoisotopic (exact) mass is 593 g/mol. The number of rotatable bonds is 7. The zero-order chi connectivity index (χ0) is 31.0. The molecule has 14 heteroatoms. The van der Waals surface area contributed by atoms with Crippen LogP contribution in [0, 0.1) is 24.1 Å². The molecule has 3 heterocycles. The summed E-state index contributed by atoms with van der Waals surface area (Å²) in [5.74, 6) is -1.43. The molecule has 228 valence electrons. The summed E-state index contributed by atoms with van der Waals surface area (Å²) < 4.78 is 60.4. The molecule has 42 heavy (non-hydrogen) atoms. The number of aromatic nitrogens is 1. The van der Waals surface area contributed by atoms with Gasteiger partial charge in [0.15, 0.2) is 0 Å². The van der Waals surface area contributed by atoms with E-state index < -0.39 is 35.1 Å². The smallest absolute Gasteiger partial charge is 0.380 e. The molecule has 4 rings (SSSR count). The van der Waals surface area contributed by atoms with E-state index in [0.29, 0.717) is 12.5 Å². The van der Waals surface area contributed by atoms with Crippen molar-refractivity contribution in [3.05, 3.63) is 46.9 Å². The molecule has 10 nitrogen and oxygen atoms in total. The number of para-hydroxylation sites is 1. The second-order valence-electron chi connectivity index (χ2n) is 10.1. The van der Waals surface area contributed by atoms with Gasteiger partial charge in [-0.05, 0) is 44.5 Å². The first kappa shape index (κ1) is 32.6. The van der Waals surface area contributed by atoms with Gasteiger partial charge in [0.05, 0.1) is 23.0 Å². The van der Waals surface area contributed by atoms with E-state index in [0.717, 1.165) is 19.2 Å². The number of nitrogens with one attached hydrogen (secondary N) is 2. The van der Waals surface area contributed by atoms with Crippen molar-refractivity contribution in [2.24, 2.45) is 0 Å². The van der Waals surface area contributed by atoms with Crippen molar-refractivity contribution in [1.29, 1.82) is 5.26 Å². The van der Waals surface area contributed by atoms with Gasteiger partial charge >= 0.3 is 6.18 Å². The van der Waals surface area contributed by atoms with E-state index in [-0.39, 0.29) is 48.9 Å². The summed E-state index contributed by atoms with van der Waals surface area (Å²) in [5, 5.41) is 15.4. The summed E-state index contributed by atoms with van der Waals surface area (Å²) in [4.78, 5) is 32.6. The number of hydrogen-bond acceptors (Lipinski definition) is 8. The number of hydrogen-bond donors (Lipinski definition) is 2. The molecule has 1 aromatic heterocycles. The lowest BCUT2D eigenvalue weighted by atomic mass is 10.0. The number of carbonyl (C=O) groups is 2. The minimum atomic E-state index is -4.78. The molecule has 2 atom stereocenters. The summed E-state index contributed by atoms with van der Waals surface area (Å²) >= 11 is 0. The predicted octanol–water partition coefficient (Wildman–Crippen LogP) is 3.16. The SMILES string of the molecule is CO[C@@H]1CCNC1.Cc1cc(C(F)(F)F)c(C#N)c(N[C@H]2CCN(CCN(C)C=O)c3c(F)cccc3N(C)C2=O)n1. The van der Waals surface area contributed by atoms with Crippen molar-refractivity contribution in [3.63, 3.8) is 0 Å². The zero-order valence-electron chi connectivity index (χ0n) is 24.0. The third-order valence-corrected chi connectivity index (χ3v) is 7.09. The summed E-state index contributed by atoms with van der Waals surface area (Å²) in [5.41, 5.74) is -1.38. The average Bonchev–Trinajstić information content (AvgIpc) is 3.49. The molecule has 0 spiro atoms. The lowest BCUT2D eigenvalue weighted by Gasteiger charge is -2.36. The lowest BCUT2D eigenvalue weighted by Crippen LogP contribution is -2.47. The average molecular weight is 594 g/mol. The normalized spacial score (nSPS) is 18.7. The van der Waals surface area contributed by atoms with Crippen LogP contribution in [0.5, 0.6) is 0 Å². The Balaban J connectivity index is 0.000000603. The molecule has 0 aliphatic carbocycles. The van der Waals surface area contributed by atoms with Gasteiger partial charge in [0.25, 0.3) is 0 Å². The van der Waals surface area contributed by atoms with Crippen LogP contribution in [0.15, 0.2) is 24.3 Å². The number of methoxy groups -OCH3 is 1. The van der Waals surface area contributed by atoms with Gasteiger partial charge in [-0.1, -0.05) is 6.07 Å². The lowest BCUT2D eigenvalue weighted by molar-refractivity contribution is -0.137. The maximum atomic E-state index is 14.9. The molecule has 2 aliphatic rings. The molecule has 0 bridgehead atoms. The maximum Gasteiger partial charge on any atom is 0.417 e. The van der Waals surface area contributed by atoms with E-state index in [9.17, 15) is 32.4 Å². The topological polar surface area (TPSA) is 114 Å². The van der Waals surface area contributed by atoms with E-state index in [1.807, 2.05) is 0 Å². The number of anilines is 3. The molecule has 1 aromatic carbocycles. The zero-order valence-corrected chi connectivity index (χ0v) is 24.0. The van der Waals surface area contributed by atoms with E-state index in [1.54, 1.807) is 31.2 Å². The largest absolute Gasteiger partial charge is 0.417 e. The fourth-order valence-corrected chi connectivity index (χ4v) is 4.76. The number of nitrogens with zero attached hydrogens (tertiary/aromatic N) is 5. The first-order valence-electron chi connectivity index (χ1n) is 13.4. The number of ether oxygens (including phenoxy) is 1. The maximum absolute atomic E-state index is 14.9. The van der Waals surface area contributed by atoms with Crippen LogP contribution in [0.1, 0.15) is 29.7 Å². The van der Waals surface area contributed by atoms with E-state index in [2.05, 4.69) is 15.6 Å². The highest BCUT2D eigenvalue weighted by Gasteiger charge is 2.37. The number of nitriles is 1. The minimum absolute atomic E-state index is 0.0245. The number of likely N-dealkylation sites (N-methyl/N-ethyl adjacent to an activating group) is 2. The van der Waals surface area contributed by atoms with Crippen molar-refractivity contribution in [1.82, 2.24) is 15.2 Å². The Bertz CT molecular complexity index is 1300. The highest BCUT2D eigenvalue weighted by atomic mass is 19.4. The van der Waals surface area contributed by atoms with Gasteiger partial charge in [0.1, 0.15) is 29.3 Å². The number of amides is 2. The number of carbonyl (C=O) groups excluding carboxylic acids is 2. The Morgan fingerprint density at radius 2 is 2.07 bits per heavy atom. The van der Waals surface area contributed by atoms with Crippen LogP contribution in [0.4, 0.5) is 34.8 Å². The highest BCUT2D eigenvalue weighted by molar-refractivity contribution is 6.01. The third kappa shape index (κ3) is 7.86. The van der Waals surface area contributed by atoms with Crippen molar-refractivity contribution >= 4 is 29.5 Å². The molecule has 0 unspecified atom stereocenters. The van der Waals surface area contributed by atoms with Gasteiger partial charge in [0, 0.05) is 53.1 Å². The molecule has 2 amide bonds. The third-order valence-electron chi connectivity index (χ3n) is 7.09. The molecule has 2 N–H and O–H groups in total. The van der Waals surface area contributed by atoms with Crippen LogP contribution in [0.3, 0.4) is 0 Å². The van der Waals surface area contributed by atoms with Gasteiger partial charge in [0.2, 0.25) is 12.3 Å². The van der Waals surface area contributed by atoms with E-state index in [1.165, 1.54) is 42.3 Å². The first-order chi connectivity index (χ1) is 19.9. The number of fused-ring (bicyclic) bond motifs is 1. The standard InChI is InChI=1S/C23H24F4N6O2.C5H11NO/c1-14-11-16(23(25,26)27)15(12-28)21(29-14)30-18-7-8-33(10-9-31(2)13-34)20-17(24)5-4-6-19(20)32(3)22(18)35;1-7-5-2-3-6-4-5/h4-6,11,13,18H,7-10H2,1-3H3,(H,29,30);5-6H,2-4H2,1H3/t18-;5-/m01/s1. The Kier molecular flexibility index (Phi) is 11.1. The molecule has 0 radical (unpaired) electrons. The fourth-order valence-electron chi connectivity index (χ4n) is 4.76. The Morgan fingerprint density at radius 3 is 2.64 bits per heavy atom. The molecular weight excluding hydrogens is 558 g/mol. The quantitative estimate of drug-likeness (QED) is 0.372. The predicted molar refractivity (Wildman–Crippen MR) is 150 cm³/mol. The van der Waals surface area contributed by atoms with Crippen molar-refractivity contribution in [2.75, 3.05) is 69.0 Å². The molecule has 0 saturated carbocycles. The number of aryl methyl sites for hydroxylation is 1. The second kappa shape index (κ2) is 14.3. The molecule has 1 fully saturated rings. The Hall–Kier alpha value is -3.96. The number of pyridine rings is 1. The number of alkyl halides is 3. The summed E-state index contributed by atoms with van der Waals surface area (Å²) in [6, 6.07) is 5.54. The van der Waals surface area contributed by atoms with Crippen LogP contribution in [0.25, 0.3) is 0 Å². The minimum Gasteiger partial charge on any atom is -0.380 e. The van der Waals surface area contributed by atoms with Crippen LogP contribution >= 0.6 is 0 Å². The van der Waals surface area contributed by atoms with Gasteiger partial charge in [-0.15, -0.1) is 0 Å².